The number of oxazole rings is 1. The molecule has 2 N–H and O–H groups in total. The van der Waals surface area contributed by atoms with Crippen molar-refractivity contribution < 1.29 is 33.1 Å². The number of esters is 1. The van der Waals surface area contributed by atoms with Crippen LogP contribution in [0.2, 0.25) is 10.0 Å². The fourth-order valence-electron chi connectivity index (χ4n) is 5.11. The Hall–Kier alpha value is -5.00. The molecule has 0 aliphatic rings. The van der Waals surface area contributed by atoms with Crippen molar-refractivity contribution in [3.8, 4) is 11.3 Å². The van der Waals surface area contributed by atoms with Crippen molar-refractivity contribution in [3.05, 3.63) is 112 Å². The van der Waals surface area contributed by atoms with Crippen molar-refractivity contribution in [2.45, 2.75) is 65.3 Å². The van der Waals surface area contributed by atoms with Gasteiger partial charge < -0.3 is 24.7 Å². The molecule has 0 radical (unpaired) electrons. The van der Waals surface area contributed by atoms with E-state index in [1.165, 1.54) is 11.2 Å². The summed E-state index contributed by atoms with van der Waals surface area (Å²) >= 11 is 12.6. The minimum absolute atomic E-state index is 0.0178. The number of halogens is 2. The molecule has 0 unspecified atom stereocenters. The van der Waals surface area contributed by atoms with Gasteiger partial charge in [-0.2, -0.15) is 0 Å². The van der Waals surface area contributed by atoms with Crippen LogP contribution in [0.1, 0.15) is 67.6 Å². The van der Waals surface area contributed by atoms with E-state index in [1.807, 2.05) is 6.07 Å². The molecule has 268 valence electrons. The van der Waals surface area contributed by atoms with Crippen LogP contribution in [0, 0.1) is 5.92 Å². The van der Waals surface area contributed by atoms with E-state index in [4.69, 9.17) is 32.4 Å². The predicted octanol–water partition coefficient (Wildman–Crippen LogP) is 6.53. The third-order valence-corrected chi connectivity index (χ3v) is 8.12. The number of carbonyl (C=O) groups excluding carboxylic acids is 5. The first kappa shape index (κ1) is 38.8. The lowest BCUT2D eigenvalue weighted by molar-refractivity contribution is -0.155. The normalized spacial score (nSPS) is 12.5. The van der Waals surface area contributed by atoms with Crippen LogP contribution in [-0.2, 0) is 25.7 Å². The number of hydrogen-bond donors (Lipinski definition) is 2. The molecule has 1 aromatic heterocycles. The molecule has 0 saturated carbocycles. The molecule has 0 aliphatic heterocycles. The van der Waals surface area contributed by atoms with Gasteiger partial charge in [-0.25, -0.2) is 4.98 Å². The second-order valence-electron chi connectivity index (χ2n) is 13.2. The van der Waals surface area contributed by atoms with Crippen LogP contribution in [0.25, 0.3) is 11.3 Å². The molecule has 0 bridgehead atoms. The minimum atomic E-state index is -1.48. The lowest BCUT2D eigenvalue weighted by atomic mass is 10.0. The number of aromatic nitrogens is 1. The maximum atomic E-state index is 14.1. The molecule has 0 fully saturated rings. The number of Topliss-reactive ketones (excluding diaryl/α,β-unsaturated/α-hetero) is 1. The summed E-state index contributed by atoms with van der Waals surface area (Å²) in [6.07, 6.45) is 0.642. The Morgan fingerprint density at radius 1 is 0.863 bits per heavy atom. The fourth-order valence-corrected chi connectivity index (χ4v) is 5.70. The van der Waals surface area contributed by atoms with Gasteiger partial charge in [0.1, 0.15) is 29.6 Å². The van der Waals surface area contributed by atoms with Gasteiger partial charge in [0, 0.05) is 17.7 Å². The summed E-state index contributed by atoms with van der Waals surface area (Å²) in [7, 11) is 0. The number of ketones is 1. The number of benzene rings is 3. The standard InChI is InChI=1S/C38H40Cl2N4O7/c1-23(2)33(43-35(48)25-15-10-7-11-16-25)37(49)44(20-24-13-8-6-9-14-24)21-30(45)41-28(19-31(46)51-38(3,4)5)34(47)36-42-29(22-50-36)32-26(39)17-12-18-27(32)40/h6-18,22-23,28,33H,19-21H2,1-5H3,(H,41,45)(H,43,48)/t28-,33-/m0/s1. The highest BCUT2D eigenvalue weighted by molar-refractivity contribution is 6.39. The van der Waals surface area contributed by atoms with Gasteiger partial charge >= 0.3 is 5.97 Å². The largest absolute Gasteiger partial charge is 0.460 e. The van der Waals surface area contributed by atoms with Gasteiger partial charge in [0.25, 0.3) is 11.8 Å². The highest BCUT2D eigenvalue weighted by atomic mass is 35.5. The molecule has 3 aromatic carbocycles. The first-order chi connectivity index (χ1) is 24.1. The molecule has 4 aromatic rings. The van der Waals surface area contributed by atoms with E-state index in [1.54, 1.807) is 107 Å². The summed E-state index contributed by atoms with van der Waals surface area (Å²) in [4.78, 5) is 73.2. The molecule has 0 spiro atoms. The van der Waals surface area contributed by atoms with Crippen LogP contribution in [0.4, 0.5) is 0 Å². The third-order valence-electron chi connectivity index (χ3n) is 7.49. The second kappa shape index (κ2) is 17.3. The monoisotopic (exact) mass is 734 g/mol. The van der Waals surface area contributed by atoms with Crippen molar-refractivity contribution in [2.24, 2.45) is 5.92 Å². The smallest absolute Gasteiger partial charge is 0.308 e. The minimum Gasteiger partial charge on any atom is -0.460 e. The van der Waals surface area contributed by atoms with E-state index < -0.39 is 66.0 Å². The maximum Gasteiger partial charge on any atom is 0.308 e. The number of ether oxygens (including phenoxy) is 1. The summed E-state index contributed by atoms with van der Waals surface area (Å²) in [5.41, 5.74) is 0.736. The zero-order valence-electron chi connectivity index (χ0n) is 28.9. The van der Waals surface area contributed by atoms with E-state index in [0.29, 0.717) is 11.1 Å². The Kier molecular flexibility index (Phi) is 13.1. The highest BCUT2D eigenvalue weighted by Gasteiger charge is 2.34. The number of carbonyl (C=O) groups is 5. The summed E-state index contributed by atoms with van der Waals surface area (Å²) < 4.78 is 10.9. The van der Waals surface area contributed by atoms with Crippen LogP contribution in [0.15, 0.2) is 89.5 Å². The average Bonchev–Trinajstić information content (AvgIpc) is 3.55. The highest BCUT2D eigenvalue weighted by Crippen LogP contribution is 2.34. The fraction of sp³-hybridized carbons (Fsp3) is 0.316. The molecular formula is C38H40Cl2N4O7. The van der Waals surface area contributed by atoms with Crippen molar-refractivity contribution in [1.29, 1.82) is 0 Å². The number of rotatable bonds is 14. The van der Waals surface area contributed by atoms with Crippen molar-refractivity contribution >= 4 is 52.7 Å². The van der Waals surface area contributed by atoms with E-state index >= 15 is 0 Å². The van der Waals surface area contributed by atoms with Gasteiger partial charge in [-0.3, -0.25) is 24.0 Å². The van der Waals surface area contributed by atoms with E-state index in [-0.39, 0.29) is 28.2 Å². The van der Waals surface area contributed by atoms with Crippen LogP contribution in [0.3, 0.4) is 0 Å². The zero-order chi connectivity index (χ0) is 37.3. The van der Waals surface area contributed by atoms with Gasteiger partial charge in [-0.15, -0.1) is 0 Å². The molecule has 0 saturated heterocycles. The van der Waals surface area contributed by atoms with Gasteiger partial charge in [-0.1, -0.05) is 91.6 Å². The van der Waals surface area contributed by atoms with Gasteiger partial charge in [0.15, 0.2) is 0 Å². The summed E-state index contributed by atoms with van der Waals surface area (Å²) in [5, 5.41) is 5.94. The van der Waals surface area contributed by atoms with Gasteiger partial charge in [-0.05, 0) is 56.5 Å². The predicted molar refractivity (Wildman–Crippen MR) is 193 cm³/mol. The Morgan fingerprint density at radius 3 is 2.06 bits per heavy atom. The number of hydrogen-bond acceptors (Lipinski definition) is 8. The topological polar surface area (TPSA) is 148 Å². The van der Waals surface area contributed by atoms with E-state index in [0.717, 1.165) is 5.56 Å². The molecule has 13 heteroatoms. The molecule has 1 heterocycles. The second-order valence-corrected chi connectivity index (χ2v) is 14.0. The quantitative estimate of drug-likeness (QED) is 0.110. The van der Waals surface area contributed by atoms with Crippen LogP contribution < -0.4 is 10.6 Å². The summed E-state index contributed by atoms with van der Waals surface area (Å²) in [6, 6.07) is 19.9. The molecular weight excluding hydrogens is 695 g/mol. The summed E-state index contributed by atoms with van der Waals surface area (Å²) in [6.45, 7) is 8.08. The third kappa shape index (κ3) is 11.0. The van der Waals surface area contributed by atoms with Gasteiger partial charge in [0.05, 0.1) is 23.0 Å². The lowest BCUT2D eigenvalue weighted by Gasteiger charge is -2.30. The van der Waals surface area contributed by atoms with Crippen LogP contribution in [0.5, 0.6) is 0 Å². The number of nitrogens with one attached hydrogen (secondary N) is 2. The molecule has 51 heavy (non-hydrogen) atoms. The molecule has 4 rings (SSSR count). The number of nitrogens with zero attached hydrogens (tertiary/aromatic N) is 2. The van der Waals surface area contributed by atoms with E-state index in [2.05, 4.69) is 15.6 Å². The first-order valence-corrected chi connectivity index (χ1v) is 17.0. The Morgan fingerprint density at radius 2 is 1.47 bits per heavy atom. The average molecular weight is 736 g/mol. The van der Waals surface area contributed by atoms with Crippen molar-refractivity contribution in [1.82, 2.24) is 20.5 Å². The van der Waals surface area contributed by atoms with Crippen LogP contribution >= 0.6 is 23.2 Å². The van der Waals surface area contributed by atoms with Crippen molar-refractivity contribution in [2.75, 3.05) is 6.54 Å². The Bertz CT molecular complexity index is 1840. The number of amides is 3. The molecule has 0 aliphatic carbocycles. The first-order valence-electron chi connectivity index (χ1n) is 16.3. The SMILES string of the molecule is CC(C)[C@H](NC(=O)c1ccccc1)C(=O)N(CC(=O)N[C@@H](CC(=O)OC(C)(C)C)C(=O)c1nc(-c2c(Cl)cccc2Cl)co1)Cc1ccccc1. The van der Waals surface area contributed by atoms with Crippen LogP contribution in [-0.4, -0.2) is 63.6 Å². The molecule has 2 atom stereocenters. The Labute approximate surface area is 306 Å². The summed E-state index contributed by atoms with van der Waals surface area (Å²) in [5.74, 6) is -4.05. The van der Waals surface area contributed by atoms with E-state index in [9.17, 15) is 24.0 Å². The lowest BCUT2D eigenvalue weighted by Crippen LogP contribution is -2.54. The molecule has 3 amide bonds. The zero-order valence-corrected chi connectivity index (χ0v) is 30.5. The maximum absolute atomic E-state index is 14.1. The van der Waals surface area contributed by atoms with Crippen molar-refractivity contribution in [3.63, 3.8) is 0 Å². The van der Waals surface area contributed by atoms with Gasteiger partial charge in [0.2, 0.25) is 17.6 Å². The Balaban J connectivity index is 1.61. The molecule has 11 nitrogen and oxygen atoms in total.